The number of amides is 1. The van der Waals surface area contributed by atoms with E-state index in [4.69, 9.17) is 15.6 Å². The zero-order valence-corrected chi connectivity index (χ0v) is 18.4. The fourth-order valence-corrected chi connectivity index (χ4v) is 3.01. The Morgan fingerprint density at radius 1 is 1.15 bits per heavy atom. The van der Waals surface area contributed by atoms with E-state index in [-0.39, 0.29) is 11.1 Å². The first-order chi connectivity index (χ1) is 11.7. The molecule has 1 aromatic rings. The Morgan fingerprint density at radius 3 is 2.12 bits per heavy atom. The van der Waals surface area contributed by atoms with E-state index in [2.05, 4.69) is 45.1 Å². The third kappa shape index (κ3) is 6.85. The zero-order valence-electron chi connectivity index (χ0n) is 17.4. The fraction of sp³-hybridized carbons (Fsp3) is 0.571. The Kier molecular flexibility index (Phi) is 7.09. The molecule has 0 bridgehead atoms. The van der Waals surface area contributed by atoms with Gasteiger partial charge in [-0.15, -0.1) is 6.42 Å². The minimum Gasteiger partial charge on any atom is -0.444 e. The molecular formula is C21H33NO3Si. The van der Waals surface area contributed by atoms with Gasteiger partial charge in [0.2, 0.25) is 0 Å². The first-order valence-corrected chi connectivity index (χ1v) is 11.9. The molecule has 1 atom stereocenters. The summed E-state index contributed by atoms with van der Waals surface area (Å²) in [5.74, 6) is 2.60. The summed E-state index contributed by atoms with van der Waals surface area (Å²) in [6.45, 7) is 16.9. The Balaban J connectivity index is 2.98. The Hall–Kier alpha value is -1.77. The smallest absolute Gasteiger partial charge is 0.408 e. The van der Waals surface area contributed by atoms with Crippen LogP contribution in [0.2, 0.25) is 18.1 Å². The van der Waals surface area contributed by atoms with Gasteiger partial charge in [0.05, 0.1) is 12.6 Å². The molecule has 4 nitrogen and oxygen atoms in total. The number of hydrogen-bond acceptors (Lipinski definition) is 3. The van der Waals surface area contributed by atoms with E-state index >= 15 is 0 Å². The standard InChI is InChI=1S/C21H33NO3Si/c1-10-16-11-13-17(14-12-16)18(22-19(23)25-20(2,3)4)15-24-26(8,9)21(5,6)7/h1,11-14,18H,15H2,2-9H3,(H,22,23)/t18-/m0/s1. The van der Waals surface area contributed by atoms with E-state index in [1.165, 1.54) is 0 Å². The molecule has 0 unspecified atom stereocenters. The summed E-state index contributed by atoms with van der Waals surface area (Å²) < 4.78 is 11.7. The molecule has 0 saturated heterocycles. The second-order valence-corrected chi connectivity index (χ2v) is 13.8. The molecule has 144 valence electrons. The first kappa shape index (κ1) is 22.3. The molecule has 0 aliphatic heterocycles. The fourth-order valence-electron chi connectivity index (χ4n) is 1.99. The van der Waals surface area contributed by atoms with Gasteiger partial charge in [0.1, 0.15) is 5.60 Å². The predicted octanol–water partition coefficient (Wildman–Crippen LogP) is 5.26. The average molecular weight is 376 g/mol. The van der Waals surface area contributed by atoms with Gasteiger partial charge in [-0.25, -0.2) is 4.79 Å². The summed E-state index contributed by atoms with van der Waals surface area (Å²) in [5, 5.41) is 3.03. The summed E-state index contributed by atoms with van der Waals surface area (Å²) in [6, 6.07) is 7.28. The lowest BCUT2D eigenvalue weighted by Gasteiger charge is -2.37. The molecule has 0 aliphatic rings. The number of nitrogens with one attached hydrogen (secondary N) is 1. The SMILES string of the molecule is C#Cc1ccc([C@H](CO[Si](C)(C)C(C)(C)C)NC(=O)OC(C)(C)C)cc1. The summed E-state index contributed by atoms with van der Waals surface area (Å²) in [6.07, 6.45) is 4.97. The highest BCUT2D eigenvalue weighted by molar-refractivity contribution is 6.74. The van der Waals surface area contributed by atoms with Crippen LogP contribution in [0, 0.1) is 12.3 Å². The quantitative estimate of drug-likeness (QED) is 0.564. The van der Waals surface area contributed by atoms with Crippen molar-refractivity contribution in [3.05, 3.63) is 35.4 Å². The molecule has 0 fully saturated rings. The number of terminal acetylenes is 1. The third-order valence-electron chi connectivity index (χ3n) is 4.59. The molecule has 26 heavy (non-hydrogen) atoms. The van der Waals surface area contributed by atoms with Crippen LogP contribution in [0.4, 0.5) is 4.79 Å². The maximum absolute atomic E-state index is 12.3. The Bertz CT molecular complexity index is 646. The van der Waals surface area contributed by atoms with Crippen LogP contribution in [0.5, 0.6) is 0 Å². The van der Waals surface area contributed by atoms with Crippen molar-refractivity contribution in [2.45, 2.75) is 71.3 Å². The molecule has 1 rings (SSSR count). The van der Waals surface area contributed by atoms with Crippen LogP contribution >= 0.6 is 0 Å². The zero-order chi connectivity index (χ0) is 20.2. The van der Waals surface area contributed by atoms with Gasteiger partial charge in [-0.2, -0.15) is 0 Å². The monoisotopic (exact) mass is 375 g/mol. The van der Waals surface area contributed by atoms with E-state index < -0.39 is 20.0 Å². The summed E-state index contributed by atoms with van der Waals surface area (Å²) in [4.78, 5) is 12.3. The maximum atomic E-state index is 12.3. The van der Waals surface area contributed by atoms with E-state index in [0.29, 0.717) is 6.61 Å². The van der Waals surface area contributed by atoms with E-state index in [1.54, 1.807) is 0 Å². The molecule has 1 aromatic carbocycles. The number of benzene rings is 1. The second kappa shape index (κ2) is 8.28. The van der Waals surface area contributed by atoms with Crippen molar-refractivity contribution in [2.75, 3.05) is 6.61 Å². The van der Waals surface area contributed by atoms with E-state index in [9.17, 15) is 4.79 Å². The predicted molar refractivity (Wildman–Crippen MR) is 110 cm³/mol. The van der Waals surface area contributed by atoms with E-state index in [0.717, 1.165) is 11.1 Å². The molecule has 5 heteroatoms. The van der Waals surface area contributed by atoms with Crippen LogP contribution in [0.15, 0.2) is 24.3 Å². The summed E-state index contributed by atoms with van der Waals surface area (Å²) in [7, 11) is -1.94. The van der Waals surface area contributed by atoms with Gasteiger partial charge in [-0.3, -0.25) is 0 Å². The summed E-state index contributed by atoms with van der Waals surface area (Å²) in [5.41, 5.74) is 1.19. The number of rotatable bonds is 5. The van der Waals surface area contributed by atoms with Crippen LogP contribution in [0.3, 0.4) is 0 Å². The number of carbonyl (C=O) groups excluding carboxylic acids is 1. The average Bonchev–Trinajstić information content (AvgIpc) is 2.48. The Labute approximate surface area is 159 Å². The highest BCUT2D eigenvalue weighted by atomic mass is 28.4. The van der Waals surface area contributed by atoms with Gasteiger partial charge in [0.25, 0.3) is 0 Å². The minimum atomic E-state index is -1.94. The molecule has 0 aromatic heterocycles. The highest BCUT2D eigenvalue weighted by Gasteiger charge is 2.38. The van der Waals surface area contributed by atoms with Gasteiger partial charge in [-0.05, 0) is 56.6 Å². The molecular weight excluding hydrogens is 342 g/mol. The number of alkyl carbamates (subject to hydrolysis) is 1. The van der Waals surface area contributed by atoms with E-state index in [1.807, 2.05) is 45.0 Å². The van der Waals surface area contributed by atoms with Crippen molar-refractivity contribution in [1.82, 2.24) is 5.32 Å². The number of hydrogen-bond donors (Lipinski definition) is 1. The highest BCUT2D eigenvalue weighted by Crippen LogP contribution is 2.37. The van der Waals surface area contributed by atoms with Crippen LogP contribution in [0.1, 0.15) is 58.7 Å². The Morgan fingerprint density at radius 2 is 1.69 bits per heavy atom. The topological polar surface area (TPSA) is 47.6 Å². The lowest BCUT2D eigenvalue weighted by atomic mass is 10.1. The van der Waals surface area contributed by atoms with Crippen molar-refractivity contribution in [2.24, 2.45) is 0 Å². The van der Waals surface area contributed by atoms with Crippen molar-refractivity contribution in [1.29, 1.82) is 0 Å². The molecule has 0 aliphatic carbocycles. The summed E-state index contributed by atoms with van der Waals surface area (Å²) >= 11 is 0. The van der Waals surface area contributed by atoms with Crippen LogP contribution in [-0.4, -0.2) is 26.6 Å². The molecule has 0 spiro atoms. The number of ether oxygens (including phenoxy) is 1. The first-order valence-electron chi connectivity index (χ1n) is 8.95. The van der Waals surface area contributed by atoms with Crippen molar-refractivity contribution >= 4 is 14.4 Å². The normalized spacial score (nSPS) is 13.7. The van der Waals surface area contributed by atoms with Crippen LogP contribution < -0.4 is 5.32 Å². The van der Waals surface area contributed by atoms with Gasteiger partial charge >= 0.3 is 6.09 Å². The van der Waals surface area contributed by atoms with Crippen molar-refractivity contribution in [3.8, 4) is 12.3 Å². The lowest BCUT2D eigenvalue weighted by Crippen LogP contribution is -2.44. The second-order valence-electron chi connectivity index (χ2n) is 9.04. The van der Waals surface area contributed by atoms with Crippen molar-refractivity contribution in [3.63, 3.8) is 0 Å². The maximum Gasteiger partial charge on any atom is 0.408 e. The molecule has 1 amide bonds. The van der Waals surface area contributed by atoms with Crippen molar-refractivity contribution < 1.29 is 14.0 Å². The minimum absolute atomic E-state index is 0.0940. The van der Waals surface area contributed by atoms with Crippen LogP contribution in [0.25, 0.3) is 0 Å². The van der Waals surface area contributed by atoms with Crippen LogP contribution in [-0.2, 0) is 9.16 Å². The van der Waals surface area contributed by atoms with Gasteiger partial charge < -0.3 is 14.5 Å². The molecule has 0 radical (unpaired) electrons. The molecule has 0 heterocycles. The largest absolute Gasteiger partial charge is 0.444 e. The van der Waals surface area contributed by atoms with Gasteiger partial charge in [0, 0.05) is 5.56 Å². The molecule has 0 saturated carbocycles. The third-order valence-corrected chi connectivity index (χ3v) is 9.09. The lowest BCUT2D eigenvalue weighted by molar-refractivity contribution is 0.0484. The van der Waals surface area contributed by atoms with Gasteiger partial charge in [0.15, 0.2) is 8.32 Å². The molecule has 1 N–H and O–H groups in total. The number of carbonyl (C=O) groups is 1. The van der Waals surface area contributed by atoms with Gasteiger partial charge in [-0.1, -0.05) is 38.8 Å².